The van der Waals surface area contributed by atoms with Gasteiger partial charge in [0.15, 0.2) is 5.82 Å². The number of phenols is 1. The molecule has 2 heterocycles. The molecule has 0 saturated heterocycles. The SMILES string of the molecule is CN(C)CCNC(=O)c1nc(-c2ccc(Cl)c(O)c2)c(-c2ccncc2)[nH]1. The van der Waals surface area contributed by atoms with Gasteiger partial charge in [-0.15, -0.1) is 0 Å². The highest BCUT2D eigenvalue weighted by Crippen LogP contribution is 2.34. The highest BCUT2D eigenvalue weighted by molar-refractivity contribution is 6.32. The van der Waals surface area contributed by atoms with Crippen molar-refractivity contribution < 1.29 is 9.90 Å². The van der Waals surface area contributed by atoms with Crippen LogP contribution in [0.25, 0.3) is 22.5 Å². The fourth-order valence-corrected chi connectivity index (χ4v) is 2.67. The fraction of sp³-hybridized carbons (Fsp3) is 0.211. The number of hydrogen-bond donors (Lipinski definition) is 3. The minimum Gasteiger partial charge on any atom is -0.506 e. The van der Waals surface area contributed by atoms with E-state index in [0.29, 0.717) is 23.5 Å². The van der Waals surface area contributed by atoms with Crippen molar-refractivity contribution >= 4 is 17.5 Å². The molecule has 1 amide bonds. The second-order valence-corrected chi connectivity index (χ2v) is 6.68. The van der Waals surface area contributed by atoms with Crippen LogP contribution in [0, 0.1) is 0 Å². The number of nitrogens with zero attached hydrogens (tertiary/aromatic N) is 3. The Balaban J connectivity index is 1.99. The summed E-state index contributed by atoms with van der Waals surface area (Å²) in [5, 5.41) is 13.0. The molecule has 0 saturated carbocycles. The lowest BCUT2D eigenvalue weighted by Gasteiger charge is -2.09. The molecule has 3 N–H and O–H groups in total. The predicted molar refractivity (Wildman–Crippen MR) is 105 cm³/mol. The van der Waals surface area contributed by atoms with Crippen LogP contribution >= 0.6 is 11.6 Å². The molecule has 3 rings (SSSR count). The van der Waals surface area contributed by atoms with E-state index in [9.17, 15) is 9.90 Å². The van der Waals surface area contributed by atoms with E-state index < -0.39 is 0 Å². The largest absolute Gasteiger partial charge is 0.506 e. The van der Waals surface area contributed by atoms with Gasteiger partial charge in [-0.3, -0.25) is 9.78 Å². The van der Waals surface area contributed by atoms with Crippen LogP contribution in [0.4, 0.5) is 0 Å². The summed E-state index contributed by atoms with van der Waals surface area (Å²) in [4.78, 5) is 26.0. The number of carbonyl (C=O) groups is 1. The van der Waals surface area contributed by atoms with Crippen LogP contribution in [-0.2, 0) is 0 Å². The Morgan fingerprint density at radius 1 is 1.22 bits per heavy atom. The zero-order valence-electron chi connectivity index (χ0n) is 15.0. The lowest BCUT2D eigenvalue weighted by Crippen LogP contribution is -2.31. The molecule has 2 aromatic heterocycles. The van der Waals surface area contributed by atoms with Crippen molar-refractivity contribution in [3.8, 4) is 28.3 Å². The van der Waals surface area contributed by atoms with Crippen molar-refractivity contribution in [2.24, 2.45) is 0 Å². The molecule has 0 aliphatic heterocycles. The molecular weight excluding hydrogens is 366 g/mol. The summed E-state index contributed by atoms with van der Waals surface area (Å²) in [5.74, 6) is -0.142. The number of rotatable bonds is 6. The fourth-order valence-electron chi connectivity index (χ4n) is 2.55. The first-order valence-corrected chi connectivity index (χ1v) is 8.75. The van der Waals surface area contributed by atoms with Crippen LogP contribution in [0.1, 0.15) is 10.6 Å². The van der Waals surface area contributed by atoms with Crippen molar-refractivity contribution in [2.45, 2.75) is 0 Å². The molecule has 0 bridgehead atoms. The third-order valence-corrected chi connectivity index (χ3v) is 4.27. The zero-order chi connectivity index (χ0) is 19.4. The van der Waals surface area contributed by atoms with Gasteiger partial charge in [-0.1, -0.05) is 17.7 Å². The van der Waals surface area contributed by atoms with Gasteiger partial charge in [0.1, 0.15) is 5.75 Å². The van der Waals surface area contributed by atoms with Crippen molar-refractivity contribution in [3.63, 3.8) is 0 Å². The number of hydrogen-bond acceptors (Lipinski definition) is 5. The number of imidazole rings is 1. The normalized spacial score (nSPS) is 11.0. The Hall–Kier alpha value is -2.90. The van der Waals surface area contributed by atoms with Gasteiger partial charge >= 0.3 is 0 Å². The molecule has 0 fully saturated rings. The number of phenolic OH excluding ortho intramolecular Hbond substituents is 1. The maximum atomic E-state index is 12.5. The van der Waals surface area contributed by atoms with Crippen LogP contribution in [0.5, 0.6) is 5.75 Å². The summed E-state index contributed by atoms with van der Waals surface area (Å²) in [7, 11) is 3.87. The highest BCUT2D eigenvalue weighted by atomic mass is 35.5. The monoisotopic (exact) mass is 385 g/mol. The van der Waals surface area contributed by atoms with E-state index in [2.05, 4.69) is 20.3 Å². The first kappa shape index (κ1) is 18.9. The molecular formula is C19H20ClN5O2. The molecule has 0 spiro atoms. The van der Waals surface area contributed by atoms with Crippen LogP contribution in [0.15, 0.2) is 42.7 Å². The van der Waals surface area contributed by atoms with E-state index in [1.807, 2.05) is 31.1 Å². The molecule has 0 atom stereocenters. The predicted octanol–water partition coefficient (Wildman–Crippen LogP) is 2.79. The van der Waals surface area contributed by atoms with Crippen LogP contribution in [-0.4, -0.2) is 58.1 Å². The van der Waals surface area contributed by atoms with Crippen molar-refractivity contribution in [1.29, 1.82) is 0 Å². The van der Waals surface area contributed by atoms with Crippen LogP contribution in [0.3, 0.4) is 0 Å². The van der Waals surface area contributed by atoms with Gasteiger partial charge in [0.05, 0.1) is 16.4 Å². The van der Waals surface area contributed by atoms with Gasteiger partial charge in [0.2, 0.25) is 0 Å². The molecule has 1 aromatic carbocycles. The Morgan fingerprint density at radius 2 is 1.96 bits per heavy atom. The maximum absolute atomic E-state index is 12.5. The number of pyridine rings is 1. The molecule has 0 radical (unpaired) electrons. The number of H-pyrrole nitrogens is 1. The molecule has 7 nitrogen and oxygen atoms in total. The Morgan fingerprint density at radius 3 is 2.63 bits per heavy atom. The summed E-state index contributed by atoms with van der Waals surface area (Å²) in [6.07, 6.45) is 3.33. The second-order valence-electron chi connectivity index (χ2n) is 6.27. The standard InChI is InChI=1S/C19H20ClN5O2/c1-25(2)10-9-22-19(27)18-23-16(12-5-7-21-8-6-12)17(24-18)13-3-4-14(20)15(26)11-13/h3-8,11,26H,9-10H2,1-2H3,(H,22,27)(H,23,24). The average Bonchev–Trinajstić information content (AvgIpc) is 3.10. The van der Waals surface area contributed by atoms with Gasteiger partial charge in [-0.05, 0) is 38.4 Å². The number of benzene rings is 1. The number of likely N-dealkylation sites (N-methyl/N-ethyl adjacent to an activating group) is 1. The Bertz CT molecular complexity index is 941. The van der Waals surface area contributed by atoms with Crippen LogP contribution in [0.2, 0.25) is 5.02 Å². The minimum absolute atomic E-state index is 0.0465. The Labute approximate surface area is 162 Å². The topological polar surface area (TPSA) is 94.1 Å². The summed E-state index contributed by atoms with van der Waals surface area (Å²) < 4.78 is 0. The number of nitrogens with one attached hydrogen (secondary N) is 2. The second kappa shape index (κ2) is 8.20. The molecule has 0 unspecified atom stereocenters. The van der Waals surface area contributed by atoms with E-state index in [0.717, 1.165) is 12.1 Å². The molecule has 3 aromatic rings. The van der Waals surface area contributed by atoms with E-state index >= 15 is 0 Å². The average molecular weight is 386 g/mol. The van der Waals surface area contributed by atoms with Gasteiger partial charge in [-0.25, -0.2) is 4.98 Å². The number of aromatic amines is 1. The summed E-state index contributed by atoms with van der Waals surface area (Å²) in [6.45, 7) is 1.23. The third-order valence-electron chi connectivity index (χ3n) is 3.95. The molecule has 27 heavy (non-hydrogen) atoms. The van der Waals surface area contributed by atoms with Gasteiger partial charge < -0.3 is 20.3 Å². The van der Waals surface area contributed by atoms with Crippen molar-refractivity contribution in [1.82, 2.24) is 25.2 Å². The minimum atomic E-state index is -0.295. The number of aromatic nitrogens is 3. The summed E-state index contributed by atoms with van der Waals surface area (Å²) >= 11 is 5.91. The van der Waals surface area contributed by atoms with Crippen LogP contribution < -0.4 is 5.32 Å². The zero-order valence-corrected chi connectivity index (χ0v) is 15.8. The smallest absolute Gasteiger partial charge is 0.287 e. The van der Waals surface area contributed by atoms with Gasteiger partial charge in [-0.2, -0.15) is 0 Å². The first-order valence-electron chi connectivity index (χ1n) is 8.38. The lowest BCUT2D eigenvalue weighted by molar-refractivity contribution is 0.0941. The van der Waals surface area contributed by atoms with E-state index in [-0.39, 0.29) is 22.5 Å². The lowest BCUT2D eigenvalue weighted by atomic mass is 10.1. The first-order chi connectivity index (χ1) is 13.0. The number of amides is 1. The van der Waals surface area contributed by atoms with Crippen molar-refractivity contribution in [2.75, 3.05) is 27.2 Å². The van der Waals surface area contributed by atoms with E-state index in [1.54, 1.807) is 24.5 Å². The summed E-state index contributed by atoms with van der Waals surface area (Å²) in [6, 6.07) is 8.50. The number of aromatic hydroxyl groups is 1. The third kappa shape index (κ3) is 4.45. The number of halogens is 1. The molecule has 0 aliphatic carbocycles. The quantitative estimate of drug-likeness (QED) is 0.606. The van der Waals surface area contributed by atoms with E-state index in [1.165, 1.54) is 6.07 Å². The molecule has 140 valence electrons. The van der Waals surface area contributed by atoms with Gasteiger partial charge in [0, 0.05) is 36.6 Å². The summed E-state index contributed by atoms with van der Waals surface area (Å²) in [5.41, 5.74) is 2.68. The highest BCUT2D eigenvalue weighted by Gasteiger charge is 2.19. The molecule has 0 aliphatic rings. The molecule has 8 heteroatoms. The number of carbonyl (C=O) groups excluding carboxylic acids is 1. The Kier molecular flexibility index (Phi) is 5.73. The van der Waals surface area contributed by atoms with Crippen molar-refractivity contribution in [3.05, 3.63) is 53.6 Å². The van der Waals surface area contributed by atoms with Gasteiger partial charge in [0.25, 0.3) is 5.91 Å². The maximum Gasteiger partial charge on any atom is 0.287 e. The van der Waals surface area contributed by atoms with E-state index in [4.69, 9.17) is 11.6 Å².